The zero-order valence-corrected chi connectivity index (χ0v) is 11.1. The predicted molar refractivity (Wildman–Crippen MR) is 68.5 cm³/mol. The molecule has 1 saturated heterocycles. The van der Waals surface area contributed by atoms with Crippen LogP contribution in [0.25, 0.3) is 0 Å². The van der Waals surface area contributed by atoms with Crippen molar-refractivity contribution in [3.63, 3.8) is 0 Å². The van der Waals surface area contributed by atoms with Gasteiger partial charge >= 0.3 is 5.97 Å². The molecule has 5 heteroatoms. The fraction of sp³-hybridized carbons (Fsp3) is 0.692. The van der Waals surface area contributed by atoms with E-state index in [0.29, 0.717) is 18.2 Å². The molecular weight excluding hydrogens is 230 g/mol. The van der Waals surface area contributed by atoms with Crippen LogP contribution in [0.4, 0.5) is 0 Å². The fourth-order valence-corrected chi connectivity index (χ4v) is 2.51. The third kappa shape index (κ3) is 2.72. The summed E-state index contributed by atoms with van der Waals surface area (Å²) in [6.07, 6.45) is 5.70. The summed E-state index contributed by atoms with van der Waals surface area (Å²) in [6, 6.07) is 0.264. The lowest BCUT2D eigenvalue weighted by molar-refractivity contribution is 0.0508. The molecule has 0 aromatic carbocycles. The summed E-state index contributed by atoms with van der Waals surface area (Å²) in [5, 5.41) is 3.40. The maximum atomic E-state index is 11.8. The van der Waals surface area contributed by atoms with Crippen LogP contribution in [0, 0.1) is 5.92 Å². The summed E-state index contributed by atoms with van der Waals surface area (Å²) in [6.45, 7) is 6.44. The number of carbonyl (C=O) groups is 1. The highest BCUT2D eigenvalue weighted by molar-refractivity contribution is 5.87. The Kier molecular flexibility index (Phi) is 4.36. The van der Waals surface area contributed by atoms with E-state index in [1.165, 1.54) is 12.8 Å². The molecule has 0 aliphatic carbocycles. The van der Waals surface area contributed by atoms with E-state index < -0.39 is 0 Å². The van der Waals surface area contributed by atoms with Gasteiger partial charge in [0.2, 0.25) is 0 Å². The molecule has 1 fully saturated rings. The first-order valence-electron chi connectivity index (χ1n) is 6.63. The van der Waals surface area contributed by atoms with E-state index in [0.717, 1.165) is 13.1 Å². The quantitative estimate of drug-likeness (QED) is 0.826. The van der Waals surface area contributed by atoms with Crippen molar-refractivity contribution in [2.75, 3.05) is 19.7 Å². The van der Waals surface area contributed by atoms with Gasteiger partial charge in [-0.1, -0.05) is 0 Å². The first-order valence-corrected chi connectivity index (χ1v) is 6.63. The van der Waals surface area contributed by atoms with Crippen molar-refractivity contribution in [2.24, 2.45) is 5.92 Å². The number of hydrogen-bond donors (Lipinski definition) is 1. The average molecular weight is 251 g/mol. The van der Waals surface area contributed by atoms with Crippen molar-refractivity contribution in [1.82, 2.24) is 14.9 Å². The van der Waals surface area contributed by atoms with Crippen LogP contribution in [0.1, 0.15) is 43.2 Å². The van der Waals surface area contributed by atoms with E-state index in [2.05, 4.69) is 17.2 Å². The van der Waals surface area contributed by atoms with Crippen molar-refractivity contribution in [2.45, 2.75) is 32.7 Å². The third-order valence-electron chi connectivity index (χ3n) is 3.61. The molecule has 2 rings (SSSR count). The molecule has 1 aromatic rings. The van der Waals surface area contributed by atoms with Crippen LogP contribution in [0.3, 0.4) is 0 Å². The molecule has 1 aliphatic rings. The van der Waals surface area contributed by atoms with Gasteiger partial charge in [-0.2, -0.15) is 0 Å². The van der Waals surface area contributed by atoms with Gasteiger partial charge in [0.25, 0.3) is 0 Å². The van der Waals surface area contributed by atoms with Crippen LogP contribution in [0.15, 0.2) is 12.5 Å². The Balaban J connectivity index is 2.12. The Morgan fingerprint density at radius 2 is 2.56 bits per heavy atom. The standard InChI is InChI=1S/C13H21N3O2/c1-3-18-13(17)12-8-15-9-16(12)10(2)11-5-4-6-14-7-11/h8-11,14H,3-7H2,1-2H3. The summed E-state index contributed by atoms with van der Waals surface area (Å²) in [5.74, 6) is 0.256. The normalized spacial score (nSPS) is 21.6. The Hall–Kier alpha value is -1.36. The minimum Gasteiger partial charge on any atom is -0.461 e. The van der Waals surface area contributed by atoms with Crippen LogP contribution in [-0.2, 0) is 4.74 Å². The van der Waals surface area contributed by atoms with Crippen LogP contribution in [-0.4, -0.2) is 35.2 Å². The number of ether oxygens (including phenoxy) is 1. The van der Waals surface area contributed by atoms with E-state index in [4.69, 9.17) is 4.74 Å². The SMILES string of the molecule is CCOC(=O)c1cncn1C(C)C1CCCNC1. The van der Waals surface area contributed by atoms with E-state index in [9.17, 15) is 4.79 Å². The number of piperidine rings is 1. The number of esters is 1. The topological polar surface area (TPSA) is 56.1 Å². The summed E-state index contributed by atoms with van der Waals surface area (Å²) in [7, 11) is 0. The summed E-state index contributed by atoms with van der Waals surface area (Å²) in [4.78, 5) is 15.9. The number of hydrogen-bond acceptors (Lipinski definition) is 4. The molecule has 2 unspecified atom stereocenters. The number of carbonyl (C=O) groups excluding carboxylic acids is 1. The van der Waals surface area contributed by atoms with E-state index in [1.54, 1.807) is 12.5 Å². The highest BCUT2D eigenvalue weighted by Crippen LogP contribution is 2.25. The highest BCUT2D eigenvalue weighted by Gasteiger charge is 2.24. The number of rotatable bonds is 4. The predicted octanol–water partition coefficient (Wildman–Crippen LogP) is 1.62. The van der Waals surface area contributed by atoms with Crippen molar-refractivity contribution in [1.29, 1.82) is 0 Å². The highest BCUT2D eigenvalue weighted by atomic mass is 16.5. The Bertz CT molecular complexity index is 397. The number of nitrogens with zero attached hydrogens (tertiary/aromatic N) is 2. The molecule has 0 amide bonds. The molecule has 0 bridgehead atoms. The van der Waals surface area contributed by atoms with Crippen molar-refractivity contribution in [3.8, 4) is 0 Å². The summed E-state index contributed by atoms with van der Waals surface area (Å²) in [5.41, 5.74) is 0.551. The first-order chi connectivity index (χ1) is 8.74. The van der Waals surface area contributed by atoms with Crippen LogP contribution in [0.5, 0.6) is 0 Å². The third-order valence-corrected chi connectivity index (χ3v) is 3.61. The first kappa shape index (κ1) is 13.1. The van der Waals surface area contributed by atoms with E-state index in [1.807, 2.05) is 11.5 Å². The van der Waals surface area contributed by atoms with Crippen molar-refractivity contribution in [3.05, 3.63) is 18.2 Å². The van der Waals surface area contributed by atoms with Gasteiger partial charge in [-0.15, -0.1) is 0 Å². The maximum Gasteiger partial charge on any atom is 0.356 e. The lowest BCUT2D eigenvalue weighted by Gasteiger charge is -2.29. The van der Waals surface area contributed by atoms with Gasteiger partial charge in [0.05, 0.1) is 19.1 Å². The molecule has 0 spiro atoms. The molecule has 2 atom stereocenters. The second-order valence-corrected chi connectivity index (χ2v) is 4.75. The van der Waals surface area contributed by atoms with Gasteiger partial charge < -0.3 is 14.6 Å². The Morgan fingerprint density at radius 3 is 3.22 bits per heavy atom. The average Bonchev–Trinajstić information content (AvgIpc) is 2.88. The maximum absolute atomic E-state index is 11.8. The summed E-state index contributed by atoms with van der Waals surface area (Å²) < 4.78 is 6.99. The van der Waals surface area contributed by atoms with Gasteiger partial charge in [-0.25, -0.2) is 9.78 Å². The molecule has 0 radical (unpaired) electrons. The second kappa shape index (κ2) is 6.00. The molecule has 1 N–H and O–H groups in total. The zero-order valence-electron chi connectivity index (χ0n) is 11.1. The number of aromatic nitrogens is 2. The molecular formula is C13H21N3O2. The summed E-state index contributed by atoms with van der Waals surface area (Å²) >= 11 is 0. The smallest absolute Gasteiger partial charge is 0.356 e. The van der Waals surface area contributed by atoms with Crippen molar-refractivity contribution < 1.29 is 9.53 Å². The van der Waals surface area contributed by atoms with Gasteiger partial charge in [0.1, 0.15) is 5.69 Å². The molecule has 2 heterocycles. The molecule has 18 heavy (non-hydrogen) atoms. The number of imidazole rings is 1. The molecule has 100 valence electrons. The van der Waals surface area contributed by atoms with Crippen LogP contribution in [0.2, 0.25) is 0 Å². The minimum atomic E-state index is -0.286. The van der Waals surface area contributed by atoms with Gasteiger partial charge in [-0.3, -0.25) is 0 Å². The molecule has 5 nitrogen and oxygen atoms in total. The fourth-order valence-electron chi connectivity index (χ4n) is 2.51. The second-order valence-electron chi connectivity index (χ2n) is 4.75. The van der Waals surface area contributed by atoms with E-state index >= 15 is 0 Å². The minimum absolute atomic E-state index is 0.264. The van der Waals surface area contributed by atoms with Gasteiger partial charge in [-0.05, 0) is 45.7 Å². The van der Waals surface area contributed by atoms with Gasteiger partial charge in [0, 0.05) is 6.04 Å². The Morgan fingerprint density at radius 1 is 1.72 bits per heavy atom. The number of nitrogens with one attached hydrogen (secondary N) is 1. The Labute approximate surface area is 108 Å². The van der Waals surface area contributed by atoms with E-state index in [-0.39, 0.29) is 12.0 Å². The van der Waals surface area contributed by atoms with Crippen LogP contribution >= 0.6 is 0 Å². The molecule has 0 saturated carbocycles. The zero-order chi connectivity index (χ0) is 13.0. The van der Waals surface area contributed by atoms with Crippen LogP contribution < -0.4 is 5.32 Å². The lowest BCUT2D eigenvalue weighted by atomic mass is 9.92. The monoisotopic (exact) mass is 251 g/mol. The largest absolute Gasteiger partial charge is 0.461 e. The molecule has 1 aromatic heterocycles. The molecule has 1 aliphatic heterocycles. The van der Waals surface area contributed by atoms with Crippen molar-refractivity contribution >= 4 is 5.97 Å². The van der Waals surface area contributed by atoms with Gasteiger partial charge in [0.15, 0.2) is 0 Å². The lowest BCUT2D eigenvalue weighted by Crippen LogP contribution is -2.34.